The van der Waals surface area contributed by atoms with Crippen molar-refractivity contribution < 1.29 is 18.8 Å². The minimum Gasteiger partial charge on any atom is -0.342 e. The van der Waals surface area contributed by atoms with E-state index in [4.69, 9.17) is 0 Å². The van der Waals surface area contributed by atoms with Gasteiger partial charge in [0, 0.05) is 19.0 Å². The lowest BCUT2D eigenvalue weighted by Crippen LogP contribution is -2.48. The molecule has 0 saturated carbocycles. The molecule has 144 valence electrons. The highest BCUT2D eigenvalue weighted by Gasteiger charge is 2.44. The molecule has 0 N–H and O–H groups in total. The van der Waals surface area contributed by atoms with E-state index in [1.807, 2.05) is 9.80 Å². The first-order valence-corrected chi connectivity index (χ1v) is 9.70. The molecule has 3 aliphatic heterocycles. The van der Waals surface area contributed by atoms with Crippen LogP contribution in [0.1, 0.15) is 32.1 Å². The second-order valence-corrected chi connectivity index (χ2v) is 7.61. The Morgan fingerprint density at radius 3 is 2.22 bits per heavy atom. The number of imide groups is 1. The molecular weight excluding hydrogens is 349 g/mol. The van der Waals surface area contributed by atoms with Crippen LogP contribution >= 0.6 is 0 Å². The third-order valence-electron chi connectivity index (χ3n) is 5.94. The van der Waals surface area contributed by atoms with Crippen LogP contribution in [0.5, 0.6) is 0 Å². The number of benzene rings is 1. The highest BCUT2D eigenvalue weighted by atomic mass is 19.1. The number of rotatable bonds is 3. The molecule has 3 fully saturated rings. The highest BCUT2D eigenvalue weighted by molar-refractivity contribution is 6.22. The summed E-state index contributed by atoms with van der Waals surface area (Å²) in [5.74, 6) is -0.643. The topological polar surface area (TPSA) is 60.9 Å². The molecule has 3 saturated heterocycles. The minimum absolute atomic E-state index is 0.0276. The molecule has 3 aliphatic rings. The number of carbonyl (C=O) groups is 3. The summed E-state index contributed by atoms with van der Waals surface area (Å²) in [5.41, 5.74) is 0.410. The molecule has 27 heavy (non-hydrogen) atoms. The van der Waals surface area contributed by atoms with Gasteiger partial charge < -0.3 is 4.90 Å². The first-order chi connectivity index (χ1) is 13.0. The number of nitrogens with zero attached hydrogens (tertiary/aromatic N) is 3. The van der Waals surface area contributed by atoms with Crippen LogP contribution in [0.15, 0.2) is 24.3 Å². The quantitative estimate of drug-likeness (QED) is 0.758. The van der Waals surface area contributed by atoms with Crippen molar-refractivity contribution in [1.29, 1.82) is 0 Å². The average Bonchev–Trinajstić information content (AvgIpc) is 3.31. The molecule has 0 aliphatic carbocycles. The summed E-state index contributed by atoms with van der Waals surface area (Å²) < 4.78 is 13.1. The lowest BCUT2D eigenvalue weighted by molar-refractivity contribution is -0.136. The molecule has 0 unspecified atom stereocenters. The number of piperidine rings is 1. The van der Waals surface area contributed by atoms with Gasteiger partial charge in [-0.2, -0.15) is 0 Å². The Bertz CT molecular complexity index is 737. The van der Waals surface area contributed by atoms with Gasteiger partial charge >= 0.3 is 0 Å². The number of hydrogen-bond donors (Lipinski definition) is 0. The van der Waals surface area contributed by atoms with Gasteiger partial charge in [-0.25, -0.2) is 9.29 Å². The van der Waals surface area contributed by atoms with Crippen LogP contribution < -0.4 is 4.90 Å². The molecule has 0 bridgehead atoms. The first-order valence-electron chi connectivity index (χ1n) is 9.70. The van der Waals surface area contributed by atoms with Crippen LogP contribution in [0, 0.1) is 11.7 Å². The number of carbonyl (C=O) groups excluding carboxylic acids is 3. The Morgan fingerprint density at radius 1 is 0.963 bits per heavy atom. The molecule has 0 radical (unpaired) electrons. The number of halogens is 1. The van der Waals surface area contributed by atoms with Gasteiger partial charge in [0.1, 0.15) is 5.82 Å². The molecule has 1 aromatic carbocycles. The van der Waals surface area contributed by atoms with E-state index in [1.165, 1.54) is 24.3 Å². The second kappa shape index (κ2) is 7.38. The smallest absolute Gasteiger partial charge is 0.251 e. The molecule has 6 nitrogen and oxygen atoms in total. The monoisotopic (exact) mass is 373 g/mol. The lowest BCUT2D eigenvalue weighted by Gasteiger charge is -2.35. The Kier molecular flexibility index (Phi) is 4.95. The van der Waals surface area contributed by atoms with Crippen LogP contribution in [0.25, 0.3) is 0 Å². The van der Waals surface area contributed by atoms with Crippen LogP contribution in [-0.4, -0.2) is 59.7 Å². The van der Waals surface area contributed by atoms with Crippen LogP contribution in [-0.2, 0) is 14.4 Å². The number of amides is 3. The molecule has 0 aromatic heterocycles. The maximum Gasteiger partial charge on any atom is 0.251 e. The fourth-order valence-electron chi connectivity index (χ4n) is 4.42. The van der Waals surface area contributed by atoms with Gasteiger partial charge in [0.05, 0.1) is 18.2 Å². The Labute approximate surface area is 157 Å². The van der Waals surface area contributed by atoms with E-state index in [0.717, 1.165) is 43.7 Å². The summed E-state index contributed by atoms with van der Waals surface area (Å²) >= 11 is 0. The van der Waals surface area contributed by atoms with E-state index in [2.05, 4.69) is 0 Å². The second-order valence-electron chi connectivity index (χ2n) is 7.61. The van der Waals surface area contributed by atoms with Crippen LogP contribution in [0.3, 0.4) is 0 Å². The minimum atomic E-state index is -0.481. The molecule has 1 atom stereocenters. The first kappa shape index (κ1) is 18.1. The Balaban J connectivity index is 1.38. The van der Waals surface area contributed by atoms with Crippen molar-refractivity contribution in [2.24, 2.45) is 5.92 Å². The SMILES string of the molecule is O=C(C1CCN([C@@H]2CC(=O)N(c3ccc(F)cc3)C2=O)CC1)N1CCCC1. The van der Waals surface area contributed by atoms with Gasteiger partial charge in [0.15, 0.2) is 0 Å². The molecule has 3 amide bonds. The third kappa shape index (κ3) is 3.48. The molecule has 4 rings (SSSR count). The average molecular weight is 373 g/mol. The van der Waals surface area contributed by atoms with E-state index in [9.17, 15) is 18.8 Å². The largest absolute Gasteiger partial charge is 0.342 e. The number of hydrogen-bond acceptors (Lipinski definition) is 4. The van der Waals surface area contributed by atoms with E-state index in [0.29, 0.717) is 18.8 Å². The maximum absolute atomic E-state index is 13.1. The lowest BCUT2D eigenvalue weighted by atomic mass is 9.94. The fraction of sp³-hybridized carbons (Fsp3) is 0.550. The third-order valence-corrected chi connectivity index (χ3v) is 5.94. The zero-order valence-corrected chi connectivity index (χ0v) is 15.3. The molecular formula is C20H24FN3O3. The van der Waals surface area contributed by atoms with Gasteiger partial charge in [0.2, 0.25) is 11.8 Å². The molecule has 1 aromatic rings. The van der Waals surface area contributed by atoms with Gasteiger partial charge in [-0.05, 0) is 63.0 Å². The normalized spacial score (nSPS) is 24.9. The van der Waals surface area contributed by atoms with Crippen molar-refractivity contribution in [3.63, 3.8) is 0 Å². The highest BCUT2D eigenvalue weighted by Crippen LogP contribution is 2.29. The summed E-state index contributed by atoms with van der Waals surface area (Å²) in [5, 5.41) is 0. The van der Waals surface area contributed by atoms with E-state index >= 15 is 0 Å². The maximum atomic E-state index is 13.1. The Morgan fingerprint density at radius 2 is 1.59 bits per heavy atom. The number of likely N-dealkylation sites (tertiary alicyclic amines) is 2. The predicted octanol–water partition coefficient (Wildman–Crippen LogP) is 1.79. The summed E-state index contributed by atoms with van der Waals surface area (Å²) in [6.45, 7) is 3.01. The van der Waals surface area contributed by atoms with Gasteiger partial charge in [-0.3, -0.25) is 19.3 Å². The molecule has 7 heteroatoms. The standard InChI is InChI=1S/C20H24FN3O3/c21-15-3-5-16(6-4-15)24-18(25)13-17(20(24)27)22-11-7-14(8-12-22)19(26)23-9-1-2-10-23/h3-6,14,17H,1-2,7-13H2/t17-/m1/s1. The molecule has 3 heterocycles. The van der Waals surface area contributed by atoms with Crippen molar-refractivity contribution in [3.8, 4) is 0 Å². The number of anilines is 1. The van der Waals surface area contributed by atoms with Crippen molar-refractivity contribution in [1.82, 2.24) is 9.80 Å². The zero-order chi connectivity index (χ0) is 19.0. The van der Waals surface area contributed by atoms with E-state index in [-0.39, 0.29) is 30.1 Å². The summed E-state index contributed by atoms with van der Waals surface area (Å²) in [4.78, 5) is 42.9. The predicted molar refractivity (Wildman–Crippen MR) is 97.4 cm³/mol. The summed E-state index contributed by atoms with van der Waals surface area (Å²) in [6, 6.07) is 4.92. The summed E-state index contributed by atoms with van der Waals surface area (Å²) in [7, 11) is 0. The van der Waals surface area contributed by atoms with Crippen molar-refractivity contribution >= 4 is 23.4 Å². The molecule has 0 spiro atoms. The van der Waals surface area contributed by atoms with Crippen molar-refractivity contribution in [2.45, 2.75) is 38.1 Å². The van der Waals surface area contributed by atoms with Crippen molar-refractivity contribution in [3.05, 3.63) is 30.1 Å². The van der Waals surface area contributed by atoms with E-state index < -0.39 is 11.9 Å². The van der Waals surface area contributed by atoms with Gasteiger partial charge in [0.25, 0.3) is 5.91 Å². The fourth-order valence-corrected chi connectivity index (χ4v) is 4.42. The van der Waals surface area contributed by atoms with Gasteiger partial charge in [-0.15, -0.1) is 0 Å². The summed E-state index contributed by atoms with van der Waals surface area (Å²) in [6.07, 6.45) is 3.76. The van der Waals surface area contributed by atoms with Crippen molar-refractivity contribution in [2.75, 3.05) is 31.1 Å². The van der Waals surface area contributed by atoms with Gasteiger partial charge in [-0.1, -0.05) is 0 Å². The van der Waals surface area contributed by atoms with Crippen LogP contribution in [0.4, 0.5) is 10.1 Å². The zero-order valence-electron chi connectivity index (χ0n) is 15.3. The Hall–Kier alpha value is -2.28. The van der Waals surface area contributed by atoms with E-state index in [1.54, 1.807) is 0 Å². The van der Waals surface area contributed by atoms with Crippen LogP contribution in [0.2, 0.25) is 0 Å².